The molecule has 0 heterocycles. The summed E-state index contributed by atoms with van der Waals surface area (Å²) in [6.45, 7) is 6.85. The molecule has 0 aromatic heterocycles. The van der Waals surface area contributed by atoms with Crippen LogP contribution in [0.3, 0.4) is 0 Å². The first kappa shape index (κ1) is 14.9. The SMILES string of the molecule is C[C@]12CCC(=O)C=C1CC[C@@H]1C2CC[C@@]2(C)[C@H]1CC[C@]2(C)O. The molecule has 6 atom stereocenters. The van der Waals surface area contributed by atoms with E-state index in [4.69, 9.17) is 0 Å². The Morgan fingerprint density at radius 3 is 2.50 bits per heavy atom. The highest BCUT2D eigenvalue weighted by Gasteiger charge is 2.62. The van der Waals surface area contributed by atoms with Crippen molar-refractivity contribution in [1.82, 2.24) is 0 Å². The van der Waals surface area contributed by atoms with Crippen molar-refractivity contribution in [2.75, 3.05) is 0 Å². The number of allylic oxidation sites excluding steroid dienone is 1. The molecular formula is C20H30O2. The van der Waals surface area contributed by atoms with Crippen LogP contribution in [0.15, 0.2) is 11.6 Å². The molecule has 1 N–H and O–H groups in total. The lowest BCUT2D eigenvalue weighted by atomic mass is 9.46. The molecule has 0 saturated heterocycles. The lowest BCUT2D eigenvalue weighted by Gasteiger charge is -2.58. The number of hydrogen-bond acceptors (Lipinski definition) is 2. The average molecular weight is 302 g/mol. The van der Waals surface area contributed by atoms with Crippen LogP contribution in [-0.4, -0.2) is 16.5 Å². The quantitative estimate of drug-likeness (QED) is 0.725. The van der Waals surface area contributed by atoms with Crippen LogP contribution in [0.5, 0.6) is 0 Å². The largest absolute Gasteiger partial charge is 0.390 e. The van der Waals surface area contributed by atoms with Crippen LogP contribution in [0.2, 0.25) is 0 Å². The van der Waals surface area contributed by atoms with Crippen LogP contribution < -0.4 is 0 Å². The van der Waals surface area contributed by atoms with Crippen LogP contribution in [0.1, 0.15) is 72.1 Å². The molecule has 0 aliphatic heterocycles. The summed E-state index contributed by atoms with van der Waals surface area (Å²) in [7, 11) is 0. The Labute approximate surface area is 134 Å². The summed E-state index contributed by atoms with van der Waals surface area (Å²) in [6, 6.07) is 0. The van der Waals surface area contributed by atoms with Crippen molar-refractivity contribution in [3.8, 4) is 0 Å². The molecule has 4 aliphatic carbocycles. The Kier molecular flexibility index (Phi) is 3.03. The van der Waals surface area contributed by atoms with E-state index in [1.165, 1.54) is 24.8 Å². The Bertz CT molecular complexity index is 546. The number of fused-ring (bicyclic) bond motifs is 5. The maximum absolute atomic E-state index is 11.8. The van der Waals surface area contributed by atoms with Gasteiger partial charge in [-0.25, -0.2) is 0 Å². The van der Waals surface area contributed by atoms with Gasteiger partial charge < -0.3 is 5.11 Å². The monoisotopic (exact) mass is 302 g/mol. The van der Waals surface area contributed by atoms with Crippen molar-refractivity contribution in [3.63, 3.8) is 0 Å². The van der Waals surface area contributed by atoms with E-state index in [1.807, 2.05) is 6.08 Å². The molecule has 0 radical (unpaired) electrons. The van der Waals surface area contributed by atoms with E-state index in [1.54, 1.807) is 0 Å². The normalized spacial score (nSPS) is 54.3. The minimum atomic E-state index is -0.484. The molecule has 0 spiro atoms. The van der Waals surface area contributed by atoms with E-state index in [0.717, 1.165) is 43.9 Å². The fraction of sp³-hybridized carbons (Fsp3) is 0.850. The van der Waals surface area contributed by atoms with Gasteiger partial charge in [0.2, 0.25) is 0 Å². The topological polar surface area (TPSA) is 37.3 Å². The number of carbonyl (C=O) groups excluding carboxylic acids is 1. The van der Waals surface area contributed by atoms with Crippen LogP contribution in [-0.2, 0) is 4.79 Å². The second-order valence-corrected chi connectivity index (χ2v) is 9.24. The summed E-state index contributed by atoms with van der Waals surface area (Å²) in [5.41, 5.74) is 1.32. The Balaban J connectivity index is 1.70. The maximum Gasteiger partial charge on any atom is 0.155 e. The Hall–Kier alpha value is -0.630. The third-order valence-electron chi connectivity index (χ3n) is 8.52. The van der Waals surface area contributed by atoms with Gasteiger partial charge in [0.25, 0.3) is 0 Å². The number of carbonyl (C=O) groups is 1. The minimum absolute atomic E-state index is 0.107. The second-order valence-electron chi connectivity index (χ2n) is 9.24. The molecule has 0 bridgehead atoms. The number of rotatable bonds is 0. The third-order valence-corrected chi connectivity index (χ3v) is 8.52. The van der Waals surface area contributed by atoms with Crippen molar-refractivity contribution < 1.29 is 9.90 Å². The molecule has 0 aromatic rings. The van der Waals surface area contributed by atoms with Crippen LogP contribution in [0.25, 0.3) is 0 Å². The van der Waals surface area contributed by atoms with Gasteiger partial charge in [-0.05, 0) is 86.5 Å². The smallest absolute Gasteiger partial charge is 0.155 e. The van der Waals surface area contributed by atoms with E-state index in [0.29, 0.717) is 11.7 Å². The van der Waals surface area contributed by atoms with Gasteiger partial charge in [0.1, 0.15) is 0 Å². The molecule has 0 amide bonds. The molecule has 122 valence electrons. The van der Waals surface area contributed by atoms with E-state index in [2.05, 4.69) is 20.8 Å². The summed E-state index contributed by atoms with van der Waals surface area (Å²) in [4.78, 5) is 11.8. The van der Waals surface area contributed by atoms with Gasteiger partial charge in [-0.1, -0.05) is 19.4 Å². The van der Waals surface area contributed by atoms with Crippen LogP contribution >= 0.6 is 0 Å². The van der Waals surface area contributed by atoms with Gasteiger partial charge in [-0.3, -0.25) is 4.79 Å². The minimum Gasteiger partial charge on any atom is -0.390 e. The molecule has 2 heteroatoms. The first-order valence-corrected chi connectivity index (χ1v) is 9.24. The number of hydrogen-bond donors (Lipinski definition) is 1. The molecule has 22 heavy (non-hydrogen) atoms. The Morgan fingerprint density at radius 2 is 1.73 bits per heavy atom. The second kappa shape index (κ2) is 4.47. The summed E-state index contributed by atoms with van der Waals surface area (Å²) < 4.78 is 0. The van der Waals surface area contributed by atoms with E-state index < -0.39 is 5.60 Å². The van der Waals surface area contributed by atoms with Gasteiger partial charge in [0.05, 0.1) is 5.60 Å². The van der Waals surface area contributed by atoms with Crippen molar-refractivity contribution in [2.24, 2.45) is 28.6 Å². The van der Waals surface area contributed by atoms with Crippen molar-refractivity contribution >= 4 is 5.78 Å². The first-order valence-electron chi connectivity index (χ1n) is 9.24. The molecule has 0 aromatic carbocycles. The van der Waals surface area contributed by atoms with Crippen molar-refractivity contribution in [1.29, 1.82) is 0 Å². The van der Waals surface area contributed by atoms with Gasteiger partial charge >= 0.3 is 0 Å². The zero-order valence-corrected chi connectivity index (χ0v) is 14.3. The van der Waals surface area contributed by atoms with Crippen LogP contribution in [0, 0.1) is 28.6 Å². The highest BCUT2D eigenvalue weighted by Crippen LogP contribution is 2.67. The highest BCUT2D eigenvalue weighted by molar-refractivity contribution is 5.91. The highest BCUT2D eigenvalue weighted by atomic mass is 16.3. The zero-order valence-electron chi connectivity index (χ0n) is 14.3. The van der Waals surface area contributed by atoms with E-state index in [-0.39, 0.29) is 10.8 Å². The van der Waals surface area contributed by atoms with Gasteiger partial charge in [0, 0.05) is 6.42 Å². The third kappa shape index (κ3) is 1.74. The molecule has 4 rings (SSSR count). The molecule has 4 aliphatic rings. The summed E-state index contributed by atoms with van der Waals surface area (Å²) in [5, 5.41) is 10.9. The molecule has 3 saturated carbocycles. The number of ketones is 1. The fourth-order valence-corrected chi connectivity index (χ4v) is 6.80. The summed E-state index contributed by atoms with van der Waals surface area (Å²) in [6.07, 6.45) is 10.7. The van der Waals surface area contributed by atoms with E-state index in [9.17, 15) is 9.90 Å². The molecule has 2 nitrogen and oxygen atoms in total. The zero-order chi connectivity index (χ0) is 15.8. The van der Waals surface area contributed by atoms with E-state index >= 15 is 0 Å². The maximum atomic E-state index is 11.8. The summed E-state index contributed by atoms with van der Waals surface area (Å²) >= 11 is 0. The molecular weight excluding hydrogens is 272 g/mol. The predicted molar refractivity (Wildman–Crippen MR) is 87.3 cm³/mol. The average Bonchev–Trinajstić information content (AvgIpc) is 2.70. The van der Waals surface area contributed by atoms with Gasteiger partial charge in [0.15, 0.2) is 5.78 Å². The van der Waals surface area contributed by atoms with Gasteiger partial charge in [-0.15, -0.1) is 0 Å². The standard InChI is InChI=1S/C20H30O2/c1-18-9-6-14(21)12-13(18)4-5-15-16(18)7-10-19(2)17(15)8-11-20(19,3)22/h12,15-17,22H,4-11H2,1-3H3/t15-,16?,17+,18+,19+,20+/m1/s1. The lowest BCUT2D eigenvalue weighted by Crippen LogP contribution is -2.53. The lowest BCUT2D eigenvalue weighted by molar-refractivity contribution is -0.124. The molecule has 1 unspecified atom stereocenters. The van der Waals surface area contributed by atoms with Crippen molar-refractivity contribution in [2.45, 2.75) is 77.7 Å². The molecule has 3 fully saturated rings. The first-order chi connectivity index (χ1) is 10.3. The fourth-order valence-electron chi connectivity index (χ4n) is 6.80. The van der Waals surface area contributed by atoms with Crippen LogP contribution in [0.4, 0.5) is 0 Å². The van der Waals surface area contributed by atoms with Gasteiger partial charge in [-0.2, -0.15) is 0 Å². The summed E-state index contributed by atoms with van der Waals surface area (Å²) in [5.74, 6) is 2.50. The number of aliphatic hydroxyl groups is 1. The Morgan fingerprint density at radius 1 is 1.00 bits per heavy atom. The van der Waals surface area contributed by atoms with Crippen molar-refractivity contribution in [3.05, 3.63) is 11.6 Å². The predicted octanol–water partition coefficient (Wildman–Crippen LogP) is 4.27.